The Morgan fingerprint density at radius 2 is 2.03 bits per heavy atom. The summed E-state index contributed by atoms with van der Waals surface area (Å²) in [5, 5.41) is 21.7. The van der Waals surface area contributed by atoms with Crippen molar-refractivity contribution in [1.82, 2.24) is 25.5 Å². The van der Waals surface area contributed by atoms with Crippen LogP contribution >= 0.6 is 0 Å². The van der Waals surface area contributed by atoms with Crippen LogP contribution in [0.25, 0.3) is 22.4 Å². The summed E-state index contributed by atoms with van der Waals surface area (Å²) < 4.78 is 25.6. The summed E-state index contributed by atoms with van der Waals surface area (Å²) in [6.45, 7) is 0.972. The normalized spacial score (nSPS) is 24.3. The molecule has 9 nitrogen and oxygen atoms in total. The van der Waals surface area contributed by atoms with Crippen LogP contribution in [0.3, 0.4) is 0 Å². The molecule has 0 saturated carbocycles. The first-order valence-electron chi connectivity index (χ1n) is 10.8. The lowest BCUT2D eigenvalue weighted by molar-refractivity contribution is -0.0175. The summed E-state index contributed by atoms with van der Waals surface area (Å²) in [4.78, 5) is 10.8. The lowest BCUT2D eigenvalue weighted by Gasteiger charge is -2.45. The highest BCUT2D eigenvalue weighted by molar-refractivity contribution is 5.74. The van der Waals surface area contributed by atoms with Crippen LogP contribution in [0.15, 0.2) is 42.9 Å². The van der Waals surface area contributed by atoms with Crippen LogP contribution in [-0.2, 0) is 4.74 Å². The van der Waals surface area contributed by atoms with Gasteiger partial charge in [0.05, 0.1) is 56.7 Å². The van der Waals surface area contributed by atoms with E-state index in [1.165, 1.54) is 7.11 Å². The molecular formula is C23H25FN6O3. The number of alkyl halides is 1. The quantitative estimate of drug-likeness (QED) is 0.603. The Hall–Kier alpha value is -3.37. The first-order chi connectivity index (χ1) is 16.0. The number of methoxy groups -OCH3 is 1. The average Bonchev–Trinajstić information content (AvgIpc) is 2.86. The van der Waals surface area contributed by atoms with Gasteiger partial charge in [0.15, 0.2) is 0 Å². The van der Waals surface area contributed by atoms with Crippen molar-refractivity contribution in [3.05, 3.63) is 42.9 Å². The van der Waals surface area contributed by atoms with Crippen molar-refractivity contribution >= 4 is 5.82 Å². The number of nitrogens with one attached hydrogen (secondary N) is 1. The smallest absolute Gasteiger partial charge is 0.233 e. The number of piperidine rings is 1. The third-order valence-electron chi connectivity index (χ3n) is 6.29. The zero-order valence-corrected chi connectivity index (χ0v) is 18.3. The van der Waals surface area contributed by atoms with E-state index in [0.29, 0.717) is 42.6 Å². The number of benzene rings is 1. The van der Waals surface area contributed by atoms with E-state index in [1.54, 1.807) is 36.8 Å². The van der Waals surface area contributed by atoms with E-state index in [0.717, 1.165) is 11.1 Å². The number of phenolic OH excluding ortho intramolecular Hbond substituents is 1. The van der Waals surface area contributed by atoms with E-state index in [1.807, 2.05) is 18.0 Å². The monoisotopic (exact) mass is 452 g/mol. The minimum atomic E-state index is -1.06. The van der Waals surface area contributed by atoms with Gasteiger partial charge in [0.25, 0.3) is 0 Å². The molecule has 2 saturated heterocycles. The Morgan fingerprint density at radius 3 is 2.79 bits per heavy atom. The summed E-state index contributed by atoms with van der Waals surface area (Å²) in [5.74, 6) is 1.04. The number of rotatable bonds is 5. The molecule has 10 heteroatoms. The zero-order valence-electron chi connectivity index (χ0n) is 18.3. The van der Waals surface area contributed by atoms with Crippen molar-refractivity contribution < 1.29 is 19.0 Å². The molecule has 4 atom stereocenters. The summed E-state index contributed by atoms with van der Waals surface area (Å²) >= 11 is 0. The third-order valence-corrected chi connectivity index (χ3v) is 6.29. The molecule has 2 N–H and O–H groups in total. The lowest BCUT2D eigenvalue weighted by atomic mass is 9.90. The standard InChI is InChI=1S/C23H25FN6O3/c1-30(19-7-15-11-33-12-18(28-15)23(19)24)21-10-25-17(9-26-21)16-4-3-13(5-20(16)31)14-6-22(32-2)29-27-8-14/h3-6,8-10,15,18-19,23,28,31H,7,11-12H2,1-2H3/t15?,18?,19-,23+/m1/s1. The van der Waals surface area contributed by atoms with Crippen LogP contribution in [0.1, 0.15) is 6.42 Å². The van der Waals surface area contributed by atoms with E-state index in [-0.39, 0.29) is 23.9 Å². The molecule has 0 aliphatic carbocycles. The zero-order chi connectivity index (χ0) is 22.9. The van der Waals surface area contributed by atoms with Crippen molar-refractivity contribution in [3.8, 4) is 34.0 Å². The Labute approximate surface area is 190 Å². The molecule has 0 amide bonds. The van der Waals surface area contributed by atoms with Crippen molar-refractivity contribution in [1.29, 1.82) is 0 Å². The fraction of sp³-hybridized carbons (Fsp3) is 0.391. The van der Waals surface area contributed by atoms with Gasteiger partial charge in [0.1, 0.15) is 17.7 Å². The summed E-state index contributed by atoms with van der Waals surface area (Å²) in [5.41, 5.74) is 2.60. The molecule has 0 spiro atoms. The van der Waals surface area contributed by atoms with Gasteiger partial charge in [-0.05, 0) is 24.1 Å². The minimum absolute atomic E-state index is 0.0636. The molecule has 2 aromatic heterocycles. The van der Waals surface area contributed by atoms with Crippen LogP contribution in [0.5, 0.6) is 11.6 Å². The van der Waals surface area contributed by atoms with Crippen LogP contribution in [0, 0.1) is 0 Å². The van der Waals surface area contributed by atoms with Crippen LogP contribution < -0.4 is 15.0 Å². The van der Waals surface area contributed by atoms with Gasteiger partial charge in [-0.15, -0.1) is 5.10 Å². The molecule has 1 aromatic carbocycles. The van der Waals surface area contributed by atoms with Gasteiger partial charge < -0.3 is 24.8 Å². The number of morpholine rings is 1. The largest absolute Gasteiger partial charge is 0.507 e. The van der Waals surface area contributed by atoms with Crippen molar-refractivity contribution in [2.45, 2.75) is 30.7 Å². The molecule has 5 rings (SSSR count). The van der Waals surface area contributed by atoms with E-state index < -0.39 is 6.17 Å². The van der Waals surface area contributed by atoms with Crippen molar-refractivity contribution in [2.24, 2.45) is 0 Å². The first kappa shape index (κ1) is 21.5. The van der Waals surface area contributed by atoms with Gasteiger partial charge in [0, 0.05) is 30.3 Å². The number of aromatic nitrogens is 4. The average molecular weight is 452 g/mol. The number of hydrogen-bond donors (Lipinski definition) is 2. The van der Waals surface area contributed by atoms with Gasteiger partial charge in [0.2, 0.25) is 5.88 Å². The Morgan fingerprint density at radius 1 is 1.15 bits per heavy atom. The second-order valence-electron chi connectivity index (χ2n) is 8.34. The van der Waals surface area contributed by atoms with Crippen LogP contribution in [0.4, 0.5) is 10.2 Å². The summed E-state index contributed by atoms with van der Waals surface area (Å²) in [6.07, 6.45) is 4.37. The first-order valence-corrected chi connectivity index (χ1v) is 10.8. The Bertz CT molecular complexity index is 1130. The molecular weight excluding hydrogens is 427 g/mol. The second kappa shape index (κ2) is 8.87. The van der Waals surface area contributed by atoms with Gasteiger partial charge >= 0.3 is 0 Å². The maximum absolute atomic E-state index is 15.0. The van der Waals surface area contributed by atoms with Crippen LogP contribution in [0.2, 0.25) is 0 Å². The van der Waals surface area contributed by atoms with Gasteiger partial charge in [-0.3, -0.25) is 4.98 Å². The number of hydrogen-bond acceptors (Lipinski definition) is 9. The van der Waals surface area contributed by atoms with E-state index in [2.05, 4.69) is 25.5 Å². The maximum Gasteiger partial charge on any atom is 0.233 e. The fourth-order valence-corrected chi connectivity index (χ4v) is 4.46. The predicted molar refractivity (Wildman–Crippen MR) is 120 cm³/mol. The summed E-state index contributed by atoms with van der Waals surface area (Å²) in [7, 11) is 3.36. The molecule has 2 bridgehead atoms. The number of anilines is 1. The fourth-order valence-electron chi connectivity index (χ4n) is 4.46. The van der Waals surface area contributed by atoms with Gasteiger partial charge in [-0.1, -0.05) is 6.07 Å². The van der Waals surface area contributed by atoms with Crippen LogP contribution in [-0.4, -0.2) is 76.9 Å². The third kappa shape index (κ3) is 4.19. The molecule has 3 aromatic rings. The lowest BCUT2D eigenvalue weighted by Crippen LogP contribution is -2.65. The highest BCUT2D eigenvalue weighted by atomic mass is 19.1. The molecule has 172 valence electrons. The van der Waals surface area contributed by atoms with E-state index >= 15 is 0 Å². The SMILES string of the molecule is COc1cc(-c2ccc(-c3cnc(N(C)[C@@H]4CC5COCC(N5)[C@@H]4F)cn3)c(O)c2)cnn1. The molecule has 0 radical (unpaired) electrons. The second-order valence-corrected chi connectivity index (χ2v) is 8.34. The maximum atomic E-state index is 15.0. The molecule has 2 fully saturated rings. The van der Waals surface area contributed by atoms with E-state index in [4.69, 9.17) is 9.47 Å². The molecule has 33 heavy (non-hydrogen) atoms. The highest BCUT2D eigenvalue weighted by Gasteiger charge is 2.42. The van der Waals surface area contributed by atoms with Crippen molar-refractivity contribution in [3.63, 3.8) is 0 Å². The predicted octanol–water partition coefficient (Wildman–Crippen LogP) is 2.22. The van der Waals surface area contributed by atoms with Gasteiger partial charge in [-0.2, -0.15) is 5.10 Å². The topological polar surface area (TPSA) is 106 Å². The molecule has 2 aliphatic rings. The number of phenols is 1. The summed E-state index contributed by atoms with van der Waals surface area (Å²) in [6, 6.07) is 6.55. The van der Waals surface area contributed by atoms with E-state index in [9.17, 15) is 9.50 Å². The Balaban J connectivity index is 1.35. The minimum Gasteiger partial charge on any atom is -0.507 e. The Kier molecular flexibility index (Phi) is 5.77. The number of ether oxygens (including phenoxy) is 2. The molecule has 4 heterocycles. The molecule has 2 unspecified atom stereocenters. The van der Waals surface area contributed by atoms with Crippen molar-refractivity contribution in [2.75, 3.05) is 32.3 Å². The number of aromatic hydroxyl groups is 1. The van der Waals surface area contributed by atoms with Gasteiger partial charge in [-0.25, -0.2) is 9.37 Å². The number of nitrogens with zero attached hydrogens (tertiary/aromatic N) is 5. The highest BCUT2D eigenvalue weighted by Crippen LogP contribution is 2.33. The number of fused-ring (bicyclic) bond motifs is 2. The number of halogens is 1. The molecule has 2 aliphatic heterocycles.